The number of hydrogen-bond acceptors (Lipinski definition) is 4. The number of ether oxygens (including phenoxy) is 1. The van der Waals surface area contributed by atoms with E-state index < -0.39 is 11.7 Å². The zero-order valence-corrected chi connectivity index (χ0v) is 14.3. The number of benzene rings is 1. The molecule has 0 fully saturated rings. The topological polar surface area (TPSA) is 63.2 Å². The fourth-order valence-corrected chi connectivity index (χ4v) is 2.85. The number of carbonyl (C=O) groups is 1. The molecule has 0 unspecified atom stereocenters. The van der Waals surface area contributed by atoms with Crippen LogP contribution in [0.1, 0.15) is 31.9 Å². The number of nitrogens with zero attached hydrogens (tertiary/aromatic N) is 1. The number of fused-ring (bicyclic) bond motifs is 1. The summed E-state index contributed by atoms with van der Waals surface area (Å²) < 4.78 is 5.40. The number of nitrogens with one attached hydrogen (secondary N) is 2. The summed E-state index contributed by atoms with van der Waals surface area (Å²) in [7, 11) is 0. The van der Waals surface area contributed by atoms with Crippen LogP contribution in [-0.4, -0.2) is 23.2 Å². The largest absolute Gasteiger partial charge is 0.444 e. The molecule has 0 saturated heterocycles. The van der Waals surface area contributed by atoms with E-state index in [0.717, 1.165) is 36.3 Å². The van der Waals surface area contributed by atoms with Gasteiger partial charge in [0.2, 0.25) is 0 Å². The van der Waals surface area contributed by atoms with E-state index in [4.69, 9.17) is 4.74 Å². The van der Waals surface area contributed by atoms with Crippen molar-refractivity contribution in [2.24, 2.45) is 0 Å². The molecule has 126 valence electrons. The molecule has 0 radical (unpaired) electrons. The highest BCUT2D eigenvalue weighted by atomic mass is 16.6. The molecule has 1 amide bonds. The Balaban J connectivity index is 1.96. The quantitative estimate of drug-likeness (QED) is 0.883. The molecule has 0 aliphatic carbocycles. The lowest BCUT2D eigenvalue weighted by Gasteiger charge is -2.24. The minimum Gasteiger partial charge on any atom is -0.444 e. The first kappa shape index (κ1) is 16.5. The summed E-state index contributed by atoms with van der Waals surface area (Å²) in [6, 6.07) is 8.10. The molecule has 1 aliphatic rings. The lowest BCUT2D eigenvalue weighted by molar-refractivity contribution is 0.0636. The standard InChI is InChI=1S/C19H23N3O2/c1-19(2,3)24-18(23)22-17-10-14(13-5-4-7-20-11-13)9-15-12-21-8-6-16(15)17/h4-5,7,9-11,21H,6,8,12H2,1-3H3,(H,22,23). The summed E-state index contributed by atoms with van der Waals surface area (Å²) in [5.74, 6) is 0. The van der Waals surface area contributed by atoms with Crippen molar-refractivity contribution >= 4 is 11.8 Å². The number of hydrogen-bond donors (Lipinski definition) is 2. The number of rotatable bonds is 2. The second kappa shape index (κ2) is 6.61. The monoisotopic (exact) mass is 325 g/mol. The van der Waals surface area contributed by atoms with Gasteiger partial charge in [-0.2, -0.15) is 0 Å². The number of carbonyl (C=O) groups excluding carboxylic acids is 1. The molecule has 0 saturated carbocycles. The van der Waals surface area contributed by atoms with E-state index >= 15 is 0 Å². The Morgan fingerprint density at radius 3 is 2.83 bits per heavy atom. The number of anilines is 1. The molecule has 2 heterocycles. The summed E-state index contributed by atoms with van der Waals surface area (Å²) in [4.78, 5) is 16.4. The first-order chi connectivity index (χ1) is 11.4. The Hall–Kier alpha value is -2.40. The molecule has 5 heteroatoms. The maximum absolute atomic E-state index is 12.2. The van der Waals surface area contributed by atoms with Crippen molar-refractivity contribution in [2.75, 3.05) is 11.9 Å². The fourth-order valence-electron chi connectivity index (χ4n) is 2.85. The lowest BCUT2D eigenvalue weighted by atomic mass is 9.94. The van der Waals surface area contributed by atoms with E-state index in [1.165, 1.54) is 11.1 Å². The summed E-state index contributed by atoms with van der Waals surface area (Å²) in [5.41, 5.74) is 4.74. The van der Waals surface area contributed by atoms with E-state index in [1.807, 2.05) is 45.2 Å². The predicted molar refractivity (Wildman–Crippen MR) is 94.9 cm³/mol. The van der Waals surface area contributed by atoms with E-state index in [2.05, 4.69) is 21.7 Å². The van der Waals surface area contributed by atoms with Gasteiger partial charge in [-0.25, -0.2) is 4.79 Å². The van der Waals surface area contributed by atoms with Crippen molar-refractivity contribution in [1.29, 1.82) is 0 Å². The highest BCUT2D eigenvalue weighted by Gasteiger charge is 2.20. The van der Waals surface area contributed by atoms with Gasteiger partial charge in [0, 0.05) is 30.2 Å². The lowest BCUT2D eigenvalue weighted by Crippen LogP contribution is -2.29. The smallest absolute Gasteiger partial charge is 0.412 e. The van der Waals surface area contributed by atoms with Crippen molar-refractivity contribution in [3.05, 3.63) is 47.8 Å². The zero-order chi connectivity index (χ0) is 17.2. The third-order valence-electron chi connectivity index (χ3n) is 3.84. The molecule has 0 spiro atoms. The Labute approximate surface area is 142 Å². The van der Waals surface area contributed by atoms with Gasteiger partial charge in [-0.05, 0) is 68.6 Å². The van der Waals surface area contributed by atoms with E-state index in [-0.39, 0.29) is 0 Å². The molecule has 24 heavy (non-hydrogen) atoms. The van der Waals surface area contributed by atoms with Crippen LogP contribution < -0.4 is 10.6 Å². The van der Waals surface area contributed by atoms with Crippen LogP contribution in [0.4, 0.5) is 10.5 Å². The van der Waals surface area contributed by atoms with Crippen LogP contribution in [0.5, 0.6) is 0 Å². The molecule has 2 N–H and O–H groups in total. The van der Waals surface area contributed by atoms with Crippen LogP contribution in [0.25, 0.3) is 11.1 Å². The van der Waals surface area contributed by atoms with E-state index in [0.29, 0.717) is 0 Å². The van der Waals surface area contributed by atoms with Crippen molar-refractivity contribution in [3.63, 3.8) is 0 Å². The molecule has 3 rings (SSSR count). The van der Waals surface area contributed by atoms with Gasteiger partial charge >= 0.3 is 6.09 Å². The van der Waals surface area contributed by atoms with Gasteiger partial charge in [0.1, 0.15) is 5.60 Å². The highest BCUT2D eigenvalue weighted by Crippen LogP contribution is 2.31. The summed E-state index contributed by atoms with van der Waals surface area (Å²) in [5, 5.41) is 6.31. The molecule has 1 aromatic heterocycles. The van der Waals surface area contributed by atoms with Gasteiger partial charge in [0.05, 0.1) is 0 Å². The van der Waals surface area contributed by atoms with Gasteiger partial charge < -0.3 is 10.1 Å². The van der Waals surface area contributed by atoms with Crippen LogP contribution in [0.15, 0.2) is 36.7 Å². The normalized spacial score (nSPS) is 14.0. The SMILES string of the molecule is CC(C)(C)OC(=O)Nc1cc(-c2cccnc2)cc2c1CCNC2. The minimum atomic E-state index is -0.521. The molecular weight excluding hydrogens is 302 g/mol. The fraction of sp³-hybridized carbons (Fsp3) is 0.368. The van der Waals surface area contributed by atoms with Crippen molar-refractivity contribution in [2.45, 2.75) is 39.3 Å². The number of pyridine rings is 1. The van der Waals surface area contributed by atoms with Crippen LogP contribution >= 0.6 is 0 Å². The molecule has 0 atom stereocenters. The van der Waals surface area contributed by atoms with Crippen LogP contribution in [0.3, 0.4) is 0 Å². The first-order valence-corrected chi connectivity index (χ1v) is 8.19. The summed E-state index contributed by atoms with van der Waals surface area (Å²) in [6.45, 7) is 7.28. The van der Waals surface area contributed by atoms with Gasteiger partial charge in [-0.15, -0.1) is 0 Å². The van der Waals surface area contributed by atoms with Crippen LogP contribution in [0, 0.1) is 0 Å². The summed E-state index contributed by atoms with van der Waals surface area (Å²) >= 11 is 0. The zero-order valence-electron chi connectivity index (χ0n) is 14.3. The van der Waals surface area contributed by atoms with Crippen LogP contribution in [-0.2, 0) is 17.7 Å². The Morgan fingerprint density at radius 2 is 2.12 bits per heavy atom. The first-order valence-electron chi connectivity index (χ1n) is 8.19. The second-order valence-corrected chi connectivity index (χ2v) is 6.96. The van der Waals surface area contributed by atoms with Gasteiger partial charge in [-0.1, -0.05) is 6.07 Å². The maximum atomic E-state index is 12.2. The number of aromatic nitrogens is 1. The maximum Gasteiger partial charge on any atom is 0.412 e. The molecule has 5 nitrogen and oxygen atoms in total. The van der Waals surface area contributed by atoms with Crippen LogP contribution in [0.2, 0.25) is 0 Å². The Kier molecular flexibility index (Phi) is 4.53. The van der Waals surface area contributed by atoms with E-state index in [9.17, 15) is 4.79 Å². The van der Waals surface area contributed by atoms with Crippen molar-refractivity contribution in [3.8, 4) is 11.1 Å². The van der Waals surface area contributed by atoms with E-state index in [1.54, 1.807) is 6.20 Å². The third-order valence-corrected chi connectivity index (χ3v) is 3.84. The molecule has 0 bridgehead atoms. The highest BCUT2D eigenvalue weighted by molar-refractivity contribution is 5.88. The average molecular weight is 325 g/mol. The molecule has 2 aromatic rings. The average Bonchev–Trinajstić information content (AvgIpc) is 2.54. The minimum absolute atomic E-state index is 0.424. The third kappa shape index (κ3) is 3.92. The second-order valence-electron chi connectivity index (χ2n) is 6.96. The van der Waals surface area contributed by atoms with Gasteiger partial charge in [-0.3, -0.25) is 10.3 Å². The predicted octanol–water partition coefficient (Wildman–Crippen LogP) is 3.74. The Morgan fingerprint density at radius 1 is 1.29 bits per heavy atom. The van der Waals surface area contributed by atoms with Gasteiger partial charge in [0.25, 0.3) is 0 Å². The number of amides is 1. The van der Waals surface area contributed by atoms with Crippen molar-refractivity contribution < 1.29 is 9.53 Å². The van der Waals surface area contributed by atoms with Gasteiger partial charge in [0.15, 0.2) is 0 Å². The van der Waals surface area contributed by atoms with Crippen molar-refractivity contribution in [1.82, 2.24) is 10.3 Å². The molecule has 1 aromatic carbocycles. The summed E-state index contributed by atoms with van der Waals surface area (Å²) in [6.07, 6.45) is 4.04. The molecule has 1 aliphatic heterocycles. The molecular formula is C19H23N3O2. The Bertz CT molecular complexity index is 736.